The molecule has 0 bridgehead atoms. The molecule has 0 radical (unpaired) electrons. The molecule has 1 saturated heterocycles. The van der Waals surface area contributed by atoms with E-state index >= 15 is 0 Å². The van der Waals surface area contributed by atoms with Crippen molar-refractivity contribution in [2.24, 2.45) is 0 Å². The van der Waals surface area contributed by atoms with E-state index in [1.165, 1.54) is 25.2 Å². The number of alkyl halides is 1. The van der Waals surface area contributed by atoms with E-state index in [1.54, 1.807) is 12.1 Å². The van der Waals surface area contributed by atoms with Gasteiger partial charge in [-0.2, -0.15) is 9.57 Å². The zero-order valence-corrected chi connectivity index (χ0v) is 12.9. The van der Waals surface area contributed by atoms with Crippen LogP contribution >= 0.6 is 0 Å². The summed E-state index contributed by atoms with van der Waals surface area (Å²) in [5, 5.41) is 11.2. The van der Waals surface area contributed by atoms with E-state index in [0.717, 1.165) is 4.31 Å². The lowest BCUT2D eigenvalue weighted by molar-refractivity contribution is 0.0963. The number of halogens is 1. The molecule has 1 fully saturated rings. The van der Waals surface area contributed by atoms with Crippen LogP contribution in [0.3, 0.4) is 0 Å². The third-order valence-electron chi connectivity index (χ3n) is 3.57. The van der Waals surface area contributed by atoms with E-state index in [1.807, 2.05) is 0 Å². The van der Waals surface area contributed by atoms with Gasteiger partial charge in [-0.1, -0.05) is 12.1 Å². The van der Waals surface area contributed by atoms with Crippen LogP contribution in [0, 0.1) is 11.3 Å². The van der Waals surface area contributed by atoms with Crippen LogP contribution in [0.25, 0.3) is 0 Å². The largest absolute Gasteiger partial charge is 0.355 e. The number of hydrogen-bond acceptors (Lipinski definition) is 4. The van der Waals surface area contributed by atoms with Crippen molar-refractivity contribution in [2.45, 2.75) is 17.8 Å². The second-order valence-corrected chi connectivity index (χ2v) is 7.16. The van der Waals surface area contributed by atoms with Crippen LogP contribution in [0.2, 0.25) is 0 Å². The zero-order valence-electron chi connectivity index (χ0n) is 12.0. The SMILES string of the molecule is CNC(=O)c1ccc(CS(=O)(=O)N2CCC(F)(C#N)C2)cc1. The minimum atomic E-state index is -3.69. The molecule has 1 aliphatic rings. The predicted molar refractivity (Wildman–Crippen MR) is 78.1 cm³/mol. The summed E-state index contributed by atoms with van der Waals surface area (Å²) in [5.74, 6) is -0.548. The number of nitrogens with one attached hydrogen (secondary N) is 1. The Morgan fingerprint density at radius 1 is 1.45 bits per heavy atom. The number of nitrogens with zero attached hydrogens (tertiary/aromatic N) is 2. The Hall–Kier alpha value is -1.98. The van der Waals surface area contributed by atoms with Crippen molar-refractivity contribution < 1.29 is 17.6 Å². The molecular formula is C14H16FN3O3S. The summed E-state index contributed by atoms with van der Waals surface area (Å²) in [6.45, 7) is -0.426. The molecule has 0 aliphatic carbocycles. The zero-order chi connectivity index (χ0) is 16.4. The second-order valence-electron chi connectivity index (χ2n) is 5.19. The number of hydrogen-bond donors (Lipinski definition) is 1. The molecule has 118 valence electrons. The van der Waals surface area contributed by atoms with E-state index in [2.05, 4.69) is 5.32 Å². The van der Waals surface area contributed by atoms with E-state index in [0.29, 0.717) is 11.1 Å². The Kier molecular flexibility index (Phi) is 4.49. The van der Waals surface area contributed by atoms with Crippen LogP contribution in [-0.4, -0.2) is 44.4 Å². The number of amides is 1. The third-order valence-corrected chi connectivity index (χ3v) is 5.37. The number of nitriles is 1. The molecule has 1 heterocycles. The smallest absolute Gasteiger partial charge is 0.251 e. The number of carbonyl (C=O) groups excluding carboxylic acids is 1. The lowest BCUT2D eigenvalue weighted by Crippen LogP contribution is -2.33. The highest BCUT2D eigenvalue weighted by Crippen LogP contribution is 2.28. The summed E-state index contributed by atoms with van der Waals surface area (Å²) in [6.07, 6.45) is -0.113. The number of benzene rings is 1. The molecule has 1 aromatic carbocycles. The van der Waals surface area contributed by atoms with Gasteiger partial charge >= 0.3 is 0 Å². The molecule has 1 N–H and O–H groups in total. The lowest BCUT2D eigenvalue weighted by atomic mass is 10.1. The standard InChI is InChI=1S/C14H16FN3O3S/c1-17-13(19)12-4-2-11(3-5-12)8-22(20,21)18-7-6-14(15,9-16)10-18/h2-5H,6-8,10H2,1H3,(H,17,19). The average molecular weight is 325 g/mol. The van der Waals surface area contributed by atoms with E-state index in [9.17, 15) is 17.6 Å². The van der Waals surface area contributed by atoms with Gasteiger partial charge in [-0.15, -0.1) is 0 Å². The Morgan fingerprint density at radius 2 is 2.09 bits per heavy atom. The lowest BCUT2D eigenvalue weighted by Gasteiger charge is -2.16. The topological polar surface area (TPSA) is 90.3 Å². The van der Waals surface area contributed by atoms with Gasteiger partial charge in [-0.05, 0) is 17.7 Å². The van der Waals surface area contributed by atoms with Crippen LogP contribution in [0.4, 0.5) is 4.39 Å². The van der Waals surface area contributed by atoms with Crippen molar-refractivity contribution in [1.82, 2.24) is 9.62 Å². The molecule has 0 aromatic heterocycles. The van der Waals surface area contributed by atoms with Crippen molar-refractivity contribution in [2.75, 3.05) is 20.1 Å². The molecule has 0 saturated carbocycles. The maximum atomic E-state index is 13.8. The first-order valence-electron chi connectivity index (χ1n) is 6.69. The Labute approximate surface area is 128 Å². The summed E-state index contributed by atoms with van der Waals surface area (Å²) < 4.78 is 39.3. The van der Waals surface area contributed by atoms with Crippen molar-refractivity contribution in [3.63, 3.8) is 0 Å². The summed E-state index contributed by atoms with van der Waals surface area (Å²) >= 11 is 0. The van der Waals surface area contributed by atoms with Gasteiger partial charge < -0.3 is 5.32 Å². The second kappa shape index (κ2) is 6.02. The minimum absolute atomic E-state index is 0.00270. The van der Waals surface area contributed by atoms with Crippen LogP contribution < -0.4 is 5.32 Å². The molecule has 6 nitrogen and oxygen atoms in total. The highest BCUT2D eigenvalue weighted by Gasteiger charge is 2.43. The maximum Gasteiger partial charge on any atom is 0.251 e. The fraction of sp³-hybridized carbons (Fsp3) is 0.429. The molecule has 1 aliphatic heterocycles. The minimum Gasteiger partial charge on any atom is -0.355 e. The fourth-order valence-electron chi connectivity index (χ4n) is 2.27. The molecular weight excluding hydrogens is 309 g/mol. The number of carbonyl (C=O) groups is 1. The average Bonchev–Trinajstić information content (AvgIpc) is 2.91. The van der Waals surface area contributed by atoms with Crippen LogP contribution in [0.15, 0.2) is 24.3 Å². The predicted octanol–water partition coefficient (Wildman–Crippen LogP) is 0.814. The van der Waals surface area contributed by atoms with Crippen LogP contribution in [0.5, 0.6) is 0 Å². The molecule has 0 spiro atoms. The molecule has 8 heteroatoms. The van der Waals surface area contributed by atoms with Gasteiger partial charge in [0.05, 0.1) is 12.3 Å². The van der Waals surface area contributed by atoms with Gasteiger partial charge in [0.2, 0.25) is 15.7 Å². The Morgan fingerprint density at radius 3 is 2.59 bits per heavy atom. The van der Waals surface area contributed by atoms with E-state index < -0.39 is 22.2 Å². The first-order chi connectivity index (χ1) is 10.3. The third kappa shape index (κ3) is 3.43. The summed E-state index contributed by atoms with van der Waals surface area (Å²) in [5.41, 5.74) is -1.17. The van der Waals surface area contributed by atoms with Gasteiger partial charge in [-0.3, -0.25) is 4.79 Å². The quantitative estimate of drug-likeness (QED) is 0.887. The van der Waals surface area contributed by atoms with Crippen molar-refractivity contribution in [3.8, 4) is 6.07 Å². The van der Waals surface area contributed by atoms with Gasteiger partial charge in [0.25, 0.3) is 5.91 Å². The van der Waals surface area contributed by atoms with E-state index in [4.69, 9.17) is 5.26 Å². The van der Waals surface area contributed by atoms with Crippen LogP contribution in [0.1, 0.15) is 22.3 Å². The molecule has 1 atom stereocenters. The molecule has 1 amide bonds. The molecule has 22 heavy (non-hydrogen) atoms. The normalized spacial score (nSPS) is 22.2. The van der Waals surface area contributed by atoms with Gasteiger partial charge in [0.1, 0.15) is 6.07 Å². The summed E-state index contributed by atoms with van der Waals surface area (Å²) in [7, 11) is -2.18. The first kappa shape index (κ1) is 16.4. The first-order valence-corrected chi connectivity index (χ1v) is 8.29. The summed E-state index contributed by atoms with van der Waals surface area (Å²) in [4.78, 5) is 11.4. The molecule has 1 aromatic rings. The maximum absolute atomic E-state index is 13.8. The molecule has 1 unspecified atom stereocenters. The van der Waals surface area contributed by atoms with Crippen molar-refractivity contribution in [1.29, 1.82) is 5.26 Å². The monoisotopic (exact) mass is 325 g/mol. The van der Waals surface area contributed by atoms with Crippen molar-refractivity contribution in [3.05, 3.63) is 35.4 Å². The highest BCUT2D eigenvalue weighted by molar-refractivity contribution is 7.88. The number of rotatable bonds is 4. The van der Waals surface area contributed by atoms with E-state index in [-0.39, 0.29) is 24.6 Å². The van der Waals surface area contributed by atoms with Gasteiger partial charge in [0.15, 0.2) is 0 Å². The number of sulfonamides is 1. The fourth-order valence-corrected chi connectivity index (χ4v) is 3.83. The van der Waals surface area contributed by atoms with Crippen LogP contribution in [-0.2, 0) is 15.8 Å². The highest BCUT2D eigenvalue weighted by atomic mass is 32.2. The van der Waals surface area contributed by atoms with Gasteiger partial charge in [-0.25, -0.2) is 12.8 Å². The molecule has 2 rings (SSSR count). The summed E-state index contributed by atoms with van der Waals surface area (Å²) in [6, 6.07) is 7.67. The Bertz CT molecular complexity index is 712. The van der Waals surface area contributed by atoms with Crippen molar-refractivity contribution >= 4 is 15.9 Å². The Balaban J connectivity index is 2.10. The van der Waals surface area contributed by atoms with Gasteiger partial charge in [0, 0.05) is 25.6 Å².